The Balaban J connectivity index is 2.13. The van der Waals surface area contributed by atoms with Crippen LogP contribution >= 0.6 is 0 Å². The molecule has 21 heavy (non-hydrogen) atoms. The molecular weight excluding hydrogens is 270 g/mol. The number of hydrogen-bond donors (Lipinski definition) is 3. The first-order valence-corrected chi connectivity index (χ1v) is 7.15. The Kier molecular flexibility index (Phi) is 4.67. The molecule has 6 heteroatoms. The predicted molar refractivity (Wildman–Crippen MR) is 81.1 cm³/mol. The first-order chi connectivity index (χ1) is 10.0. The van der Waals surface area contributed by atoms with Gasteiger partial charge in [-0.15, -0.1) is 0 Å². The van der Waals surface area contributed by atoms with E-state index in [0.717, 1.165) is 12.8 Å². The van der Waals surface area contributed by atoms with Crippen molar-refractivity contribution < 1.29 is 14.3 Å². The van der Waals surface area contributed by atoms with Crippen LogP contribution in [0.4, 0.5) is 11.4 Å². The SMILES string of the molecule is CCOC(=O)c1cccc(N)c1NC(C)C(=O)NC1CC1. The maximum Gasteiger partial charge on any atom is 0.340 e. The number of amides is 1. The highest BCUT2D eigenvalue weighted by Crippen LogP contribution is 2.25. The molecule has 1 saturated carbocycles. The van der Waals surface area contributed by atoms with E-state index in [0.29, 0.717) is 23.0 Å². The minimum Gasteiger partial charge on any atom is -0.462 e. The quantitative estimate of drug-likeness (QED) is 0.546. The van der Waals surface area contributed by atoms with Crippen LogP contribution in [-0.4, -0.2) is 30.6 Å². The molecule has 0 saturated heterocycles. The summed E-state index contributed by atoms with van der Waals surface area (Å²) in [6.07, 6.45) is 2.06. The molecule has 1 aliphatic carbocycles. The van der Waals surface area contributed by atoms with Gasteiger partial charge in [-0.3, -0.25) is 4.79 Å². The van der Waals surface area contributed by atoms with Crippen molar-refractivity contribution in [2.45, 2.75) is 38.8 Å². The van der Waals surface area contributed by atoms with Crippen LogP contribution in [-0.2, 0) is 9.53 Å². The van der Waals surface area contributed by atoms with Gasteiger partial charge in [-0.05, 0) is 38.8 Å². The van der Waals surface area contributed by atoms with Crippen LogP contribution in [0.3, 0.4) is 0 Å². The number of benzene rings is 1. The summed E-state index contributed by atoms with van der Waals surface area (Å²) in [4.78, 5) is 23.9. The Morgan fingerprint density at radius 2 is 2.14 bits per heavy atom. The second-order valence-electron chi connectivity index (χ2n) is 5.14. The average molecular weight is 291 g/mol. The lowest BCUT2D eigenvalue weighted by Gasteiger charge is -2.18. The van der Waals surface area contributed by atoms with Crippen molar-refractivity contribution in [1.82, 2.24) is 5.32 Å². The van der Waals surface area contributed by atoms with Gasteiger partial charge >= 0.3 is 5.97 Å². The highest BCUT2D eigenvalue weighted by atomic mass is 16.5. The molecule has 1 fully saturated rings. The van der Waals surface area contributed by atoms with Gasteiger partial charge in [0, 0.05) is 6.04 Å². The maximum atomic E-state index is 12.0. The zero-order valence-electron chi connectivity index (χ0n) is 12.3. The van der Waals surface area contributed by atoms with E-state index in [-0.39, 0.29) is 12.5 Å². The van der Waals surface area contributed by atoms with Gasteiger partial charge in [0.25, 0.3) is 0 Å². The summed E-state index contributed by atoms with van der Waals surface area (Å²) >= 11 is 0. The minimum atomic E-state index is -0.483. The first kappa shape index (κ1) is 15.2. The number of anilines is 2. The molecule has 1 aromatic carbocycles. The zero-order chi connectivity index (χ0) is 15.4. The van der Waals surface area contributed by atoms with Crippen molar-refractivity contribution in [3.05, 3.63) is 23.8 Å². The van der Waals surface area contributed by atoms with Gasteiger partial charge in [-0.25, -0.2) is 4.79 Å². The highest BCUT2D eigenvalue weighted by Gasteiger charge is 2.26. The normalized spacial score (nSPS) is 15.1. The van der Waals surface area contributed by atoms with Gasteiger partial charge in [0.15, 0.2) is 0 Å². The lowest BCUT2D eigenvalue weighted by molar-refractivity contribution is -0.121. The van der Waals surface area contributed by atoms with Crippen molar-refractivity contribution in [2.24, 2.45) is 0 Å². The topological polar surface area (TPSA) is 93.4 Å². The fourth-order valence-electron chi connectivity index (χ4n) is 1.95. The summed E-state index contributed by atoms with van der Waals surface area (Å²) in [7, 11) is 0. The first-order valence-electron chi connectivity index (χ1n) is 7.15. The Morgan fingerprint density at radius 1 is 1.43 bits per heavy atom. The van der Waals surface area contributed by atoms with Crippen molar-refractivity contribution >= 4 is 23.3 Å². The van der Waals surface area contributed by atoms with Gasteiger partial charge in [-0.1, -0.05) is 6.07 Å². The zero-order valence-corrected chi connectivity index (χ0v) is 12.3. The number of carbonyl (C=O) groups excluding carboxylic acids is 2. The second-order valence-corrected chi connectivity index (χ2v) is 5.14. The number of para-hydroxylation sites is 1. The van der Waals surface area contributed by atoms with Crippen LogP contribution < -0.4 is 16.4 Å². The minimum absolute atomic E-state index is 0.101. The molecule has 2 rings (SSSR count). The van der Waals surface area contributed by atoms with Gasteiger partial charge in [0.2, 0.25) is 5.91 Å². The Labute approximate surface area is 124 Å². The van der Waals surface area contributed by atoms with Gasteiger partial charge < -0.3 is 21.1 Å². The van der Waals surface area contributed by atoms with Crippen LogP contribution in [0.15, 0.2) is 18.2 Å². The Morgan fingerprint density at radius 3 is 2.76 bits per heavy atom. The number of carbonyl (C=O) groups is 2. The summed E-state index contributed by atoms with van der Waals surface area (Å²) in [5, 5.41) is 5.92. The highest BCUT2D eigenvalue weighted by molar-refractivity contribution is 6.00. The van der Waals surface area contributed by atoms with E-state index >= 15 is 0 Å². The van der Waals surface area contributed by atoms with Crippen molar-refractivity contribution in [1.29, 1.82) is 0 Å². The number of rotatable bonds is 6. The van der Waals surface area contributed by atoms with Gasteiger partial charge in [0.1, 0.15) is 6.04 Å². The molecular formula is C15H21N3O3. The lowest BCUT2D eigenvalue weighted by atomic mass is 10.1. The van der Waals surface area contributed by atoms with Crippen molar-refractivity contribution in [2.75, 3.05) is 17.7 Å². The number of nitrogens with one attached hydrogen (secondary N) is 2. The molecule has 1 aliphatic rings. The van der Waals surface area contributed by atoms with E-state index in [4.69, 9.17) is 10.5 Å². The van der Waals surface area contributed by atoms with Crippen LogP contribution in [0.5, 0.6) is 0 Å². The third-order valence-electron chi connectivity index (χ3n) is 3.27. The van der Waals surface area contributed by atoms with Gasteiger partial charge in [-0.2, -0.15) is 0 Å². The molecule has 0 bridgehead atoms. The van der Waals surface area contributed by atoms with Crippen LogP contribution in [0.2, 0.25) is 0 Å². The third kappa shape index (κ3) is 3.87. The van der Waals surface area contributed by atoms with Gasteiger partial charge in [0.05, 0.1) is 23.5 Å². The Hall–Kier alpha value is -2.24. The van der Waals surface area contributed by atoms with Crippen LogP contribution in [0.25, 0.3) is 0 Å². The number of hydrogen-bond acceptors (Lipinski definition) is 5. The monoisotopic (exact) mass is 291 g/mol. The molecule has 114 valence electrons. The molecule has 0 spiro atoms. The van der Waals surface area contributed by atoms with Crippen LogP contribution in [0.1, 0.15) is 37.0 Å². The van der Waals surface area contributed by atoms with Crippen molar-refractivity contribution in [3.8, 4) is 0 Å². The molecule has 1 aromatic rings. The summed E-state index contributed by atoms with van der Waals surface area (Å²) in [5.74, 6) is -0.558. The van der Waals surface area contributed by atoms with E-state index in [1.54, 1.807) is 32.0 Å². The van der Waals surface area contributed by atoms with Crippen molar-refractivity contribution in [3.63, 3.8) is 0 Å². The lowest BCUT2D eigenvalue weighted by Crippen LogP contribution is -2.39. The fourth-order valence-corrected chi connectivity index (χ4v) is 1.95. The summed E-state index contributed by atoms with van der Waals surface area (Å²) in [6.45, 7) is 3.76. The number of nitrogens with two attached hydrogens (primary N) is 1. The predicted octanol–water partition coefficient (Wildman–Crippen LogP) is 1.52. The molecule has 0 radical (unpaired) electrons. The third-order valence-corrected chi connectivity index (χ3v) is 3.27. The molecule has 1 atom stereocenters. The number of esters is 1. The van der Waals surface area contributed by atoms with E-state index in [1.165, 1.54) is 0 Å². The molecule has 0 heterocycles. The molecule has 6 nitrogen and oxygen atoms in total. The summed E-state index contributed by atoms with van der Waals surface area (Å²) < 4.78 is 5.01. The Bertz CT molecular complexity index is 541. The summed E-state index contributed by atoms with van der Waals surface area (Å²) in [6, 6.07) is 4.79. The number of ether oxygens (including phenoxy) is 1. The van der Waals surface area contributed by atoms with E-state index in [9.17, 15) is 9.59 Å². The van der Waals surface area contributed by atoms with Crippen LogP contribution in [0, 0.1) is 0 Å². The standard InChI is InChI=1S/C15H21N3O3/c1-3-21-15(20)11-5-4-6-12(16)13(11)17-9(2)14(19)18-10-7-8-10/h4-6,9-10,17H,3,7-8,16H2,1-2H3,(H,18,19). The average Bonchev–Trinajstić information content (AvgIpc) is 3.25. The molecule has 1 amide bonds. The smallest absolute Gasteiger partial charge is 0.340 e. The maximum absolute atomic E-state index is 12.0. The molecule has 1 unspecified atom stereocenters. The second kappa shape index (κ2) is 6.47. The van der Waals surface area contributed by atoms with E-state index < -0.39 is 12.0 Å². The summed E-state index contributed by atoms with van der Waals surface area (Å²) in [5.41, 5.74) is 7.10. The van der Waals surface area contributed by atoms with E-state index in [1.807, 2.05) is 0 Å². The molecule has 0 aliphatic heterocycles. The van der Waals surface area contributed by atoms with E-state index in [2.05, 4.69) is 10.6 Å². The fraction of sp³-hybridized carbons (Fsp3) is 0.467. The largest absolute Gasteiger partial charge is 0.462 e. The molecule has 0 aromatic heterocycles. The number of nitrogen functional groups attached to an aromatic ring is 1. The molecule has 4 N–H and O–H groups in total.